The van der Waals surface area contributed by atoms with Crippen LogP contribution in [-0.2, 0) is 14.9 Å². The number of piperidine rings is 2. The van der Waals surface area contributed by atoms with Gasteiger partial charge in [0.2, 0.25) is 5.91 Å². The Morgan fingerprint density at radius 2 is 2.16 bits per heavy atom. The first-order chi connectivity index (χ1) is 12.3. The van der Waals surface area contributed by atoms with Crippen molar-refractivity contribution in [2.45, 2.75) is 42.9 Å². The van der Waals surface area contributed by atoms with Gasteiger partial charge in [0.25, 0.3) is 0 Å². The van der Waals surface area contributed by atoms with E-state index in [2.05, 4.69) is 40.1 Å². The van der Waals surface area contributed by atoms with Gasteiger partial charge in [-0.05, 0) is 36.9 Å². The summed E-state index contributed by atoms with van der Waals surface area (Å²) >= 11 is 0. The van der Waals surface area contributed by atoms with Crippen LogP contribution in [0, 0.1) is 11.8 Å². The van der Waals surface area contributed by atoms with Crippen LogP contribution >= 0.6 is 0 Å². The van der Waals surface area contributed by atoms with Crippen molar-refractivity contribution in [1.29, 1.82) is 0 Å². The number of hydrogen-bond donors (Lipinski definition) is 0. The molecule has 0 N–H and O–H groups in total. The summed E-state index contributed by atoms with van der Waals surface area (Å²) in [6.45, 7) is 2.97. The molecule has 1 aliphatic carbocycles. The summed E-state index contributed by atoms with van der Waals surface area (Å²) in [5.41, 5.74) is 4.35. The number of ether oxygens (including phenoxy) is 1. The Morgan fingerprint density at radius 3 is 3.12 bits per heavy atom. The fourth-order valence-corrected chi connectivity index (χ4v) is 7.51. The van der Waals surface area contributed by atoms with Crippen molar-refractivity contribution in [3.8, 4) is 0 Å². The molecule has 0 radical (unpaired) electrons. The molecule has 4 heteroatoms. The topological polar surface area (TPSA) is 32.8 Å². The number of para-hydroxylation sites is 1. The first kappa shape index (κ1) is 13.5. The SMILES string of the molecule is O=C1C[C@@H]2OCC=C3CN4CC[C@]56c7ccccc7N1C5[C@H]2[C@H]3CC46. The molecule has 5 heterocycles. The van der Waals surface area contributed by atoms with E-state index < -0.39 is 0 Å². The lowest BCUT2D eigenvalue weighted by Crippen LogP contribution is -2.69. The molecular formula is C21H22N2O2. The summed E-state index contributed by atoms with van der Waals surface area (Å²) in [6.07, 6.45) is 5.43. The quantitative estimate of drug-likeness (QED) is 0.681. The third-order valence-electron chi connectivity index (χ3n) is 8.22. The fourth-order valence-electron chi connectivity index (χ4n) is 7.51. The standard InChI is InChI=1S/C21H22N2O2/c24-18-10-16-19-13-9-17-21(6-7-22(17)11-12(13)5-8-25-16)14-3-1-2-4-15(14)23(18)20(19)21/h1-5,13,16-17,19-20H,6-11H2/t13-,16-,17?,19-,20?,21+/m0/s1. The Morgan fingerprint density at radius 1 is 1.24 bits per heavy atom. The van der Waals surface area contributed by atoms with Crippen molar-refractivity contribution in [2.24, 2.45) is 11.8 Å². The third kappa shape index (κ3) is 1.33. The molecule has 1 amide bonds. The normalized spacial score (nSPS) is 45.9. The number of anilines is 1. The molecule has 6 aliphatic rings. The van der Waals surface area contributed by atoms with E-state index in [0.29, 0.717) is 36.9 Å². The van der Waals surface area contributed by atoms with Gasteiger partial charge in [-0.3, -0.25) is 9.69 Å². The van der Waals surface area contributed by atoms with Crippen molar-refractivity contribution in [2.75, 3.05) is 24.6 Å². The minimum Gasteiger partial charge on any atom is -0.373 e. The van der Waals surface area contributed by atoms with Crippen molar-refractivity contribution < 1.29 is 9.53 Å². The predicted molar refractivity (Wildman–Crippen MR) is 93.4 cm³/mol. The molecule has 1 spiro atoms. The number of carbonyl (C=O) groups excluding carboxylic acids is 1. The van der Waals surface area contributed by atoms with Crippen LogP contribution in [0.1, 0.15) is 24.8 Å². The number of benzene rings is 1. The Labute approximate surface area is 147 Å². The smallest absolute Gasteiger partial charge is 0.229 e. The molecule has 1 aromatic rings. The minimum atomic E-state index is 0.104. The number of nitrogens with zero attached hydrogens (tertiary/aromatic N) is 2. The average Bonchev–Trinajstić information content (AvgIpc) is 3.10. The zero-order chi connectivity index (χ0) is 16.3. The maximum absolute atomic E-state index is 13.2. The van der Waals surface area contributed by atoms with E-state index >= 15 is 0 Å². The largest absolute Gasteiger partial charge is 0.373 e. The summed E-state index contributed by atoms with van der Waals surface area (Å²) in [4.78, 5) is 18.1. The zero-order valence-electron chi connectivity index (χ0n) is 14.2. The van der Waals surface area contributed by atoms with E-state index in [-0.39, 0.29) is 17.4 Å². The molecule has 7 rings (SSSR count). The van der Waals surface area contributed by atoms with Crippen LogP contribution in [0.15, 0.2) is 35.9 Å². The lowest BCUT2D eigenvalue weighted by atomic mass is 9.53. The summed E-state index contributed by atoms with van der Waals surface area (Å²) in [5, 5.41) is 0. The van der Waals surface area contributed by atoms with Gasteiger partial charge in [-0.2, -0.15) is 0 Å². The Balaban J connectivity index is 1.55. The van der Waals surface area contributed by atoms with Crippen molar-refractivity contribution in [3.63, 3.8) is 0 Å². The van der Waals surface area contributed by atoms with Crippen LogP contribution in [-0.4, -0.2) is 48.7 Å². The lowest BCUT2D eigenvalue weighted by Gasteiger charge is -2.58. The van der Waals surface area contributed by atoms with Gasteiger partial charge in [-0.15, -0.1) is 0 Å². The van der Waals surface area contributed by atoms with E-state index in [1.165, 1.54) is 30.6 Å². The lowest BCUT2D eigenvalue weighted by molar-refractivity contribution is -0.132. The number of carbonyl (C=O) groups is 1. The fraction of sp³-hybridized carbons (Fsp3) is 0.571. The molecule has 1 saturated carbocycles. The second kappa shape index (κ2) is 4.18. The van der Waals surface area contributed by atoms with Crippen molar-refractivity contribution in [3.05, 3.63) is 41.5 Å². The molecule has 4 nitrogen and oxygen atoms in total. The highest BCUT2D eigenvalue weighted by Crippen LogP contribution is 2.65. The molecular weight excluding hydrogens is 312 g/mol. The first-order valence-corrected chi connectivity index (χ1v) is 9.75. The summed E-state index contributed by atoms with van der Waals surface area (Å²) < 4.78 is 6.25. The second-order valence-corrected chi connectivity index (χ2v) is 8.78. The molecule has 6 atom stereocenters. The summed E-state index contributed by atoms with van der Waals surface area (Å²) in [6, 6.07) is 9.64. The Kier molecular flexibility index (Phi) is 2.27. The van der Waals surface area contributed by atoms with Gasteiger partial charge in [0.15, 0.2) is 0 Å². The van der Waals surface area contributed by atoms with Crippen molar-refractivity contribution in [1.82, 2.24) is 4.90 Å². The van der Waals surface area contributed by atoms with Crippen LogP contribution in [0.25, 0.3) is 0 Å². The maximum atomic E-state index is 13.2. The highest BCUT2D eigenvalue weighted by Gasteiger charge is 2.70. The van der Waals surface area contributed by atoms with E-state index in [4.69, 9.17) is 4.74 Å². The van der Waals surface area contributed by atoms with Crippen molar-refractivity contribution >= 4 is 11.6 Å². The summed E-state index contributed by atoms with van der Waals surface area (Å²) in [5.74, 6) is 1.35. The maximum Gasteiger partial charge on any atom is 0.229 e. The monoisotopic (exact) mass is 334 g/mol. The van der Waals surface area contributed by atoms with E-state index in [1.54, 1.807) is 5.57 Å². The second-order valence-electron chi connectivity index (χ2n) is 8.78. The zero-order valence-corrected chi connectivity index (χ0v) is 14.2. The van der Waals surface area contributed by atoms with Gasteiger partial charge in [0, 0.05) is 29.6 Å². The first-order valence-electron chi connectivity index (χ1n) is 9.75. The highest BCUT2D eigenvalue weighted by atomic mass is 16.5. The van der Waals surface area contributed by atoms with Gasteiger partial charge in [0.05, 0.1) is 25.2 Å². The minimum absolute atomic E-state index is 0.104. The van der Waals surface area contributed by atoms with Gasteiger partial charge in [0.1, 0.15) is 0 Å². The number of rotatable bonds is 0. The Hall–Kier alpha value is -1.65. The number of amides is 1. The molecule has 3 saturated heterocycles. The molecule has 25 heavy (non-hydrogen) atoms. The van der Waals surface area contributed by atoms with Crippen LogP contribution in [0.3, 0.4) is 0 Å². The highest BCUT2D eigenvalue weighted by molar-refractivity contribution is 5.99. The van der Waals surface area contributed by atoms with Crippen LogP contribution in [0.2, 0.25) is 0 Å². The van der Waals surface area contributed by atoms with Crippen LogP contribution in [0.5, 0.6) is 0 Å². The molecule has 2 unspecified atom stereocenters. The van der Waals surface area contributed by atoms with E-state index in [9.17, 15) is 4.79 Å². The van der Waals surface area contributed by atoms with Crippen LogP contribution in [0.4, 0.5) is 5.69 Å². The van der Waals surface area contributed by atoms with E-state index in [1.807, 2.05) is 0 Å². The molecule has 1 aromatic carbocycles. The Bertz CT molecular complexity index is 848. The molecule has 5 aliphatic heterocycles. The van der Waals surface area contributed by atoms with Gasteiger partial charge < -0.3 is 9.64 Å². The molecule has 4 fully saturated rings. The molecule has 2 bridgehead atoms. The molecule has 0 aromatic heterocycles. The molecule has 128 valence electrons. The van der Waals surface area contributed by atoms with Gasteiger partial charge in [-0.25, -0.2) is 0 Å². The van der Waals surface area contributed by atoms with Gasteiger partial charge >= 0.3 is 0 Å². The van der Waals surface area contributed by atoms with Gasteiger partial charge in [-0.1, -0.05) is 29.8 Å². The third-order valence-corrected chi connectivity index (χ3v) is 8.22. The predicted octanol–water partition coefficient (Wildman–Crippen LogP) is 2.09. The number of hydrogen-bond acceptors (Lipinski definition) is 3. The number of fused-ring (bicyclic) bond motifs is 2. The van der Waals surface area contributed by atoms with E-state index in [0.717, 1.165) is 6.54 Å². The average molecular weight is 334 g/mol. The van der Waals surface area contributed by atoms with Crippen LogP contribution < -0.4 is 4.90 Å². The summed E-state index contributed by atoms with van der Waals surface area (Å²) in [7, 11) is 0.